The lowest BCUT2D eigenvalue weighted by atomic mass is 10.3. The number of hydrogen-bond acceptors (Lipinski definition) is 4. The van der Waals surface area contributed by atoms with E-state index in [0.29, 0.717) is 12.2 Å². The van der Waals surface area contributed by atoms with Crippen LogP contribution < -0.4 is 11.1 Å². The minimum absolute atomic E-state index is 0.139. The molecule has 6 nitrogen and oxygen atoms in total. The van der Waals surface area contributed by atoms with Gasteiger partial charge in [0, 0.05) is 12.6 Å². The third-order valence-corrected chi connectivity index (χ3v) is 1.90. The van der Waals surface area contributed by atoms with Crippen molar-refractivity contribution in [2.75, 3.05) is 0 Å². The number of fused-ring (bicyclic) bond motifs is 1. The molecule has 0 aliphatic rings. The standard InChI is InChI=1S/C8H8N4O2/c1-2-5-9-3-4-6(10-5)8(14)12-11-7(4)13/h3H,2H2,1H3,(H,11,13)(H,12,14). The van der Waals surface area contributed by atoms with Crippen LogP contribution in [-0.2, 0) is 6.42 Å². The second-order valence-electron chi connectivity index (χ2n) is 2.81. The number of nitrogens with zero attached hydrogens (tertiary/aromatic N) is 2. The zero-order valence-corrected chi connectivity index (χ0v) is 7.50. The second kappa shape index (κ2) is 3.06. The van der Waals surface area contributed by atoms with Crippen LogP contribution in [0.1, 0.15) is 12.7 Å². The van der Waals surface area contributed by atoms with Crippen molar-refractivity contribution in [3.8, 4) is 0 Å². The third-order valence-electron chi connectivity index (χ3n) is 1.90. The Kier molecular flexibility index (Phi) is 1.88. The molecule has 0 aromatic carbocycles. The molecule has 2 N–H and O–H groups in total. The van der Waals surface area contributed by atoms with Gasteiger partial charge in [0.15, 0.2) is 0 Å². The normalized spacial score (nSPS) is 10.6. The minimum atomic E-state index is -0.406. The lowest BCUT2D eigenvalue weighted by molar-refractivity contribution is 0.926. The number of rotatable bonds is 1. The van der Waals surface area contributed by atoms with E-state index in [0.717, 1.165) is 0 Å². The molecule has 14 heavy (non-hydrogen) atoms. The zero-order valence-electron chi connectivity index (χ0n) is 7.50. The van der Waals surface area contributed by atoms with Crippen molar-refractivity contribution < 1.29 is 0 Å². The van der Waals surface area contributed by atoms with E-state index in [4.69, 9.17) is 0 Å². The average molecular weight is 192 g/mol. The number of aromatic nitrogens is 4. The smallest absolute Gasteiger partial charge is 0.267 e. The first kappa shape index (κ1) is 8.61. The van der Waals surface area contributed by atoms with Crippen molar-refractivity contribution in [2.24, 2.45) is 0 Å². The lowest BCUT2D eigenvalue weighted by Gasteiger charge is -1.96. The van der Waals surface area contributed by atoms with Crippen molar-refractivity contribution in [1.82, 2.24) is 20.2 Å². The van der Waals surface area contributed by atoms with Crippen LogP contribution in [0.4, 0.5) is 0 Å². The van der Waals surface area contributed by atoms with E-state index in [2.05, 4.69) is 20.2 Å². The highest BCUT2D eigenvalue weighted by atomic mass is 16.1. The van der Waals surface area contributed by atoms with Gasteiger partial charge < -0.3 is 0 Å². The molecule has 0 aliphatic heterocycles. The summed E-state index contributed by atoms with van der Waals surface area (Å²) < 4.78 is 0. The topological polar surface area (TPSA) is 91.5 Å². The van der Waals surface area contributed by atoms with Gasteiger partial charge in [-0.3, -0.25) is 19.8 Å². The van der Waals surface area contributed by atoms with Crippen LogP contribution in [0.3, 0.4) is 0 Å². The largest absolute Gasteiger partial charge is 0.289 e. The fraction of sp³-hybridized carbons (Fsp3) is 0.250. The molecule has 0 spiro atoms. The molecular formula is C8H8N4O2. The Morgan fingerprint density at radius 3 is 2.71 bits per heavy atom. The predicted octanol–water partition coefficient (Wildman–Crippen LogP) is -0.431. The molecule has 2 aromatic rings. The van der Waals surface area contributed by atoms with Crippen LogP contribution >= 0.6 is 0 Å². The van der Waals surface area contributed by atoms with E-state index in [1.165, 1.54) is 6.20 Å². The van der Waals surface area contributed by atoms with E-state index < -0.39 is 5.56 Å². The van der Waals surface area contributed by atoms with Gasteiger partial charge in [0.2, 0.25) is 0 Å². The number of aromatic amines is 2. The molecule has 0 saturated heterocycles. The van der Waals surface area contributed by atoms with Crippen molar-refractivity contribution in [2.45, 2.75) is 13.3 Å². The van der Waals surface area contributed by atoms with Gasteiger partial charge in [0.05, 0.1) is 5.39 Å². The predicted molar refractivity (Wildman–Crippen MR) is 50.2 cm³/mol. The fourth-order valence-corrected chi connectivity index (χ4v) is 1.17. The highest BCUT2D eigenvalue weighted by Crippen LogP contribution is 1.99. The number of H-pyrrole nitrogens is 2. The Morgan fingerprint density at radius 2 is 2.00 bits per heavy atom. The number of aryl methyl sites for hydroxylation is 1. The molecule has 6 heteroatoms. The van der Waals surface area contributed by atoms with Crippen LogP contribution in [0, 0.1) is 0 Å². The summed E-state index contributed by atoms with van der Waals surface area (Å²) in [5.74, 6) is 0.550. The van der Waals surface area contributed by atoms with Gasteiger partial charge in [0.25, 0.3) is 11.1 Å². The fourth-order valence-electron chi connectivity index (χ4n) is 1.17. The summed E-state index contributed by atoms with van der Waals surface area (Å²) in [6.07, 6.45) is 2.00. The highest BCUT2D eigenvalue weighted by molar-refractivity contribution is 5.74. The Hall–Kier alpha value is -1.98. The Morgan fingerprint density at radius 1 is 1.29 bits per heavy atom. The molecule has 2 aromatic heterocycles. The maximum Gasteiger partial charge on any atom is 0.289 e. The number of hydrogen-bond donors (Lipinski definition) is 2. The molecule has 0 aliphatic carbocycles. The minimum Gasteiger partial charge on any atom is -0.267 e. The van der Waals surface area contributed by atoms with E-state index in [9.17, 15) is 9.59 Å². The number of nitrogens with one attached hydrogen (secondary N) is 2. The molecule has 0 atom stereocenters. The summed E-state index contributed by atoms with van der Waals surface area (Å²) in [6.45, 7) is 1.88. The first-order chi connectivity index (χ1) is 6.72. The van der Waals surface area contributed by atoms with Gasteiger partial charge in [0.1, 0.15) is 11.3 Å². The van der Waals surface area contributed by atoms with Gasteiger partial charge in [-0.05, 0) is 0 Å². The molecule has 0 bridgehead atoms. The lowest BCUT2D eigenvalue weighted by Crippen LogP contribution is -2.20. The van der Waals surface area contributed by atoms with Gasteiger partial charge in [-0.25, -0.2) is 9.97 Å². The maximum absolute atomic E-state index is 11.3. The molecule has 0 fully saturated rings. The summed E-state index contributed by atoms with van der Waals surface area (Å²) in [6, 6.07) is 0. The molecule has 0 radical (unpaired) electrons. The van der Waals surface area contributed by atoms with E-state index in [1.54, 1.807) is 0 Å². The van der Waals surface area contributed by atoms with Crippen molar-refractivity contribution in [3.63, 3.8) is 0 Å². The van der Waals surface area contributed by atoms with Gasteiger partial charge in [-0.2, -0.15) is 0 Å². The Bertz CT molecular complexity index is 584. The first-order valence-corrected chi connectivity index (χ1v) is 4.19. The van der Waals surface area contributed by atoms with E-state index in [1.807, 2.05) is 6.92 Å². The third kappa shape index (κ3) is 1.20. The molecule has 2 rings (SSSR count). The Balaban J connectivity index is 2.94. The molecule has 0 unspecified atom stereocenters. The summed E-state index contributed by atoms with van der Waals surface area (Å²) in [5.41, 5.74) is -0.653. The van der Waals surface area contributed by atoms with Crippen LogP contribution in [0.25, 0.3) is 10.9 Å². The summed E-state index contributed by atoms with van der Waals surface area (Å²) in [5, 5.41) is 4.63. The SMILES string of the molecule is CCc1ncc2c(=O)[nH][nH]c(=O)c2n1. The average Bonchev–Trinajstić information content (AvgIpc) is 2.23. The van der Waals surface area contributed by atoms with E-state index >= 15 is 0 Å². The summed E-state index contributed by atoms with van der Waals surface area (Å²) in [4.78, 5) is 30.4. The Labute approximate surface area is 78.0 Å². The van der Waals surface area contributed by atoms with Crippen LogP contribution in [-0.4, -0.2) is 20.2 Å². The monoisotopic (exact) mass is 192 g/mol. The van der Waals surface area contributed by atoms with Crippen LogP contribution in [0.15, 0.2) is 15.8 Å². The molecule has 72 valence electrons. The molecule has 0 saturated carbocycles. The van der Waals surface area contributed by atoms with Gasteiger partial charge in [-0.15, -0.1) is 0 Å². The first-order valence-electron chi connectivity index (χ1n) is 4.19. The van der Waals surface area contributed by atoms with Crippen molar-refractivity contribution in [3.05, 3.63) is 32.7 Å². The highest BCUT2D eigenvalue weighted by Gasteiger charge is 2.05. The quantitative estimate of drug-likeness (QED) is 0.641. The van der Waals surface area contributed by atoms with Gasteiger partial charge >= 0.3 is 0 Å². The van der Waals surface area contributed by atoms with Crippen molar-refractivity contribution in [1.29, 1.82) is 0 Å². The summed E-state index contributed by atoms with van der Waals surface area (Å²) in [7, 11) is 0. The van der Waals surface area contributed by atoms with Crippen molar-refractivity contribution >= 4 is 10.9 Å². The van der Waals surface area contributed by atoms with Crippen LogP contribution in [0.5, 0.6) is 0 Å². The maximum atomic E-state index is 11.3. The second-order valence-corrected chi connectivity index (χ2v) is 2.81. The van der Waals surface area contributed by atoms with E-state index in [-0.39, 0.29) is 16.5 Å². The van der Waals surface area contributed by atoms with Crippen LogP contribution in [0.2, 0.25) is 0 Å². The summed E-state index contributed by atoms with van der Waals surface area (Å²) >= 11 is 0. The zero-order chi connectivity index (χ0) is 10.1. The molecule has 0 amide bonds. The molecule has 2 heterocycles. The molecular weight excluding hydrogens is 184 g/mol. The van der Waals surface area contributed by atoms with Gasteiger partial charge in [-0.1, -0.05) is 6.92 Å².